The number of benzene rings is 1. The second-order valence-corrected chi connectivity index (χ2v) is 3.00. The van der Waals surface area contributed by atoms with E-state index in [9.17, 15) is 5.11 Å². The molecule has 0 fully saturated rings. The predicted molar refractivity (Wildman–Crippen MR) is 53.7 cm³/mol. The van der Waals surface area contributed by atoms with Gasteiger partial charge in [0.15, 0.2) is 0 Å². The molecule has 0 radical (unpaired) electrons. The van der Waals surface area contributed by atoms with Crippen LogP contribution in [0.4, 0.5) is 5.69 Å². The van der Waals surface area contributed by atoms with E-state index in [4.69, 9.17) is 15.2 Å². The van der Waals surface area contributed by atoms with Crippen LogP contribution < -0.4 is 10.5 Å². The van der Waals surface area contributed by atoms with Crippen LogP contribution in [-0.2, 0) is 4.74 Å². The fourth-order valence-electron chi connectivity index (χ4n) is 1.05. The summed E-state index contributed by atoms with van der Waals surface area (Å²) in [4.78, 5) is 0. The molecule has 0 heterocycles. The molecular weight excluding hydrogens is 182 g/mol. The molecule has 1 unspecified atom stereocenters. The standard InChI is InChI=1S/C10H15NO3/c1-3-13-10(2,12)14-9-6-4-8(11)5-7-9/h4-7,12H,3,11H2,1-2H3. The molecule has 0 aromatic heterocycles. The second-order valence-electron chi connectivity index (χ2n) is 3.00. The first-order valence-electron chi connectivity index (χ1n) is 4.44. The highest BCUT2D eigenvalue weighted by molar-refractivity contribution is 5.41. The Bertz CT molecular complexity index is 282. The quantitative estimate of drug-likeness (QED) is 0.565. The number of ether oxygens (including phenoxy) is 2. The number of aliphatic hydroxyl groups is 1. The molecule has 4 heteroatoms. The van der Waals surface area contributed by atoms with Crippen LogP contribution in [0.25, 0.3) is 0 Å². The summed E-state index contributed by atoms with van der Waals surface area (Å²) in [5, 5.41) is 9.56. The Morgan fingerprint density at radius 2 is 1.93 bits per heavy atom. The van der Waals surface area contributed by atoms with Crippen molar-refractivity contribution in [3.63, 3.8) is 0 Å². The van der Waals surface area contributed by atoms with Gasteiger partial charge >= 0.3 is 5.97 Å². The van der Waals surface area contributed by atoms with Crippen LogP contribution >= 0.6 is 0 Å². The van der Waals surface area contributed by atoms with Crippen LogP contribution in [0.15, 0.2) is 24.3 Å². The lowest BCUT2D eigenvalue weighted by molar-refractivity contribution is -0.305. The van der Waals surface area contributed by atoms with E-state index >= 15 is 0 Å². The number of hydrogen-bond donors (Lipinski definition) is 2. The normalized spacial score (nSPS) is 14.8. The van der Waals surface area contributed by atoms with Crippen molar-refractivity contribution in [1.82, 2.24) is 0 Å². The molecule has 1 aromatic carbocycles. The molecule has 3 N–H and O–H groups in total. The fraction of sp³-hybridized carbons (Fsp3) is 0.400. The van der Waals surface area contributed by atoms with Gasteiger partial charge in [0, 0.05) is 12.6 Å². The van der Waals surface area contributed by atoms with Crippen molar-refractivity contribution >= 4 is 5.69 Å². The van der Waals surface area contributed by atoms with Crippen molar-refractivity contribution in [2.75, 3.05) is 12.3 Å². The Hall–Kier alpha value is -1.26. The molecule has 1 rings (SSSR count). The van der Waals surface area contributed by atoms with E-state index in [2.05, 4.69) is 0 Å². The van der Waals surface area contributed by atoms with Gasteiger partial charge in [-0.15, -0.1) is 0 Å². The molecule has 1 atom stereocenters. The average Bonchev–Trinajstić information content (AvgIpc) is 2.08. The Morgan fingerprint density at radius 3 is 2.43 bits per heavy atom. The minimum absolute atomic E-state index is 0.377. The van der Waals surface area contributed by atoms with Gasteiger partial charge in [0.1, 0.15) is 5.75 Å². The summed E-state index contributed by atoms with van der Waals surface area (Å²) in [5.74, 6) is -1.08. The summed E-state index contributed by atoms with van der Waals surface area (Å²) in [7, 11) is 0. The first-order chi connectivity index (χ1) is 6.53. The molecule has 0 spiro atoms. The maximum atomic E-state index is 9.56. The Morgan fingerprint density at radius 1 is 1.36 bits per heavy atom. The van der Waals surface area contributed by atoms with Gasteiger partial charge in [-0.1, -0.05) is 0 Å². The number of rotatable bonds is 4. The molecule has 4 nitrogen and oxygen atoms in total. The molecular formula is C10H15NO3. The van der Waals surface area contributed by atoms with E-state index in [1.807, 2.05) is 0 Å². The van der Waals surface area contributed by atoms with Gasteiger partial charge in [-0.2, -0.15) is 0 Å². The Balaban J connectivity index is 2.64. The first-order valence-corrected chi connectivity index (χ1v) is 4.44. The Kier molecular flexibility index (Phi) is 3.33. The van der Waals surface area contributed by atoms with Crippen molar-refractivity contribution in [2.24, 2.45) is 0 Å². The predicted octanol–water partition coefficient (Wildman–Crippen LogP) is 1.35. The minimum Gasteiger partial charge on any atom is -0.439 e. The monoisotopic (exact) mass is 197 g/mol. The molecule has 0 aliphatic carbocycles. The zero-order valence-electron chi connectivity index (χ0n) is 8.36. The van der Waals surface area contributed by atoms with Crippen LogP contribution in [-0.4, -0.2) is 17.7 Å². The van der Waals surface area contributed by atoms with Gasteiger partial charge in [0.2, 0.25) is 0 Å². The van der Waals surface area contributed by atoms with Gasteiger partial charge in [-0.3, -0.25) is 0 Å². The molecule has 78 valence electrons. The zero-order chi connectivity index (χ0) is 10.6. The summed E-state index contributed by atoms with van der Waals surface area (Å²) < 4.78 is 10.1. The van der Waals surface area contributed by atoms with Crippen molar-refractivity contribution in [3.8, 4) is 5.75 Å². The third-order valence-electron chi connectivity index (χ3n) is 1.60. The van der Waals surface area contributed by atoms with Gasteiger partial charge < -0.3 is 20.3 Å². The molecule has 0 amide bonds. The second kappa shape index (κ2) is 4.30. The summed E-state index contributed by atoms with van der Waals surface area (Å²) in [6.45, 7) is 3.59. The van der Waals surface area contributed by atoms with Gasteiger partial charge in [-0.05, 0) is 31.2 Å². The zero-order valence-corrected chi connectivity index (χ0v) is 8.36. The summed E-state index contributed by atoms with van der Waals surface area (Å²) in [6.07, 6.45) is 0. The summed E-state index contributed by atoms with van der Waals surface area (Å²) in [5.41, 5.74) is 6.15. The number of nitrogens with two attached hydrogens (primary N) is 1. The van der Waals surface area contributed by atoms with Crippen molar-refractivity contribution in [2.45, 2.75) is 19.8 Å². The van der Waals surface area contributed by atoms with E-state index in [1.54, 1.807) is 31.2 Å². The minimum atomic E-state index is -1.59. The van der Waals surface area contributed by atoms with Crippen LogP contribution in [0, 0.1) is 0 Å². The number of anilines is 1. The van der Waals surface area contributed by atoms with Gasteiger partial charge in [-0.25, -0.2) is 0 Å². The van der Waals surface area contributed by atoms with E-state index in [-0.39, 0.29) is 0 Å². The highest BCUT2D eigenvalue weighted by atomic mass is 16.8. The Labute approximate surface area is 83.3 Å². The van der Waals surface area contributed by atoms with Crippen LogP contribution in [0.5, 0.6) is 5.75 Å². The van der Waals surface area contributed by atoms with Crippen LogP contribution in [0.1, 0.15) is 13.8 Å². The van der Waals surface area contributed by atoms with Crippen molar-refractivity contribution in [3.05, 3.63) is 24.3 Å². The van der Waals surface area contributed by atoms with E-state index in [0.717, 1.165) is 0 Å². The molecule has 0 saturated heterocycles. The average molecular weight is 197 g/mol. The fourth-order valence-corrected chi connectivity index (χ4v) is 1.05. The molecule has 0 bridgehead atoms. The lowest BCUT2D eigenvalue weighted by Gasteiger charge is -2.23. The lowest BCUT2D eigenvalue weighted by atomic mass is 10.3. The van der Waals surface area contributed by atoms with Crippen LogP contribution in [0.3, 0.4) is 0 Å². The maximum Gasteiger partial charge on any atom is 0.321 e. The van der Waals surface area contributed by atoms with Crippen molar-refractivity contribution < 1.29 is 14.6 Å². The summed E-state index contributed by atoms with van der Waals surface area (Å²) in [6, 6.07) is 6.72. The van der Waals surface area contributed by atoms with Gasteiger partial charge in [0.25, 0.3) is 0 Å². The number of nitrogen functional groups attached to an aromatic ring is 1. The molecule has 0 aliphatic heterocycles. The lowest BCUT2D eigenvalue weighted by Crippen LogP contribution is -2.35. The molecule has 0 aliphatic rings. The summed E-state index contributed by atoms with van der Waals surface area (Å²) >= 11 is 0. The van der Waals surface area contributed by atoms with E-state index in [0.29, 0.717) is 18.0 Å². The molecule has 0 saturated carbocycles. The van der Waals surface area contributed by atoms with Crippen molar-refractivity contribution in [1.29, 1.82) is 0 Å². The largest absolute Gasteiger partial charge is 0.439 e. The SMILES string of the molecule is CCOC(C)(O)Oc1ccc(N)cc1. The number of hydrogen-bond acceptors (Lipinski definition) is 4. The third-order valence-corrected chi connectivity index (χ3v) is 1.60. The van der Waals surface area contributed by atoms with Crippen LogP contribution in [0.2, 0.25) is 0 Å². The topological polar surface area (TPSA) is 64.7 Å². The van der Waals surface area contributed by atoms with E-state index < -0.39 is 5.97 Å². The van der Waals surface area contributed by atoms with Gasteiger partial charge in [0.05, 0.1) is 6.61 Å². The third kappa shape index (κ3) is 3.24. The maximum absolute atomic E-state index is 9.56. The highest BCUT2D eigenvalue weighted by Gasteiger charge is 2.22. The first kappa shape index (κ1) is 10.8. The van der Waals surface area contributed by atoms with E-state index in [1.165, 1.54) is 6.92 Å². The molecule has 1 aromatic rings. The smallest absolute Gasteiger partial charge is 0.321 e. The molecule has 14 heavy (non-hydrogen) atoms. The highest BCUT2D eigenvalue weighted by Crippen LogP contribution is 2.18.